The predicted molar refractivity (Wildman–Crippen MR) is 75.5 cm³/mol. The zero-order valence-electron chi connectivity index (χ0n) is 11.7. The van der Waals surface area contributed by atoms with Gasteiger partial charge in [0.15, 0.2) is 0 Å². The zero-order chi connectivity index (χ0) is 14.9. The van der Waals surface area contributed by atoms with Crippen molar-refractivity contribution >= 4 is 12.1 Å². The second kappa shape index (κ2) is 5.39. The van der Waals surface area contributed by atoms with Gasteiger partial charge < -0.3 is 15.2 Å². The number of benzene rings is 1. The Morgan fingerprint density at radius 2 is 2.00 bits per heavy atom. The lowest BCUT2D eigenvalue weighted by Gasteiger charge is -2.40. The number of hydrogen-bond donors (Lipinski definition) is 2. The third-order valence-electron chi connectivity index (χ3n) is 4.79. The van der Waals surface area contributed by atoms with E-state index in [4.69, 9.17) is 4.74 Å². The van der Waals surface area contributed by atoms with Crippen molar-refractivity contribution in [3.05, 3.63) is 35.9 Å². The lowest BCUT2D eigenvalue weighted by atomic mass is 9.66. The van der Waals surface area contributed by atoms with E-state index in [1.54, 1.807) is 0 Å². The molecule has 21 heavy (non-hydrogen) atoms. The molecule has 0 heterocycles. The quantitative estimate of drug-likeness (QED) is 0.873. The fourth-order valence-electron chi connectivity index (χ4n) is 3.78. The maximum atomic E-state index is 11.7. The van der Waals surface area contributed by atoms with E-state index >= 15 is 0 Å². The minimum Gasteiger partial charge on any atom is -0.481 e. The molecule has 2 N–H and O–H groups in total. The van der Waals surface area contributed by atoms with Gasteiger partial charge in [-0.05, 0) is 30.7 Å². The van der Waals surface area contributed by atoms with Crippen LogP contribution in [0.1, 0.15) is 24.8 Å². The van der Waals surface area contributed by atoms with Crippen LogP contribution in [0.2, 0.25) is 0 Å². The van der Waals surface area contributed by atoms with Crippen molar-refractivity contribution in [1.29, 1.82) is 0 Å². The first-order valence-electron chi connectivity index (χ1n) is 7.26. The van der Waals surface area contributed by atoms with E-state index in [1.807, 2.05) is 30.3 Å². The minimum atomic E-state index is -0.741. The number of ether oxygens (including phenoxy) is 1. The predicted octanol–water partition coefficient (Wildman–Crippen LogP) is 2.41. The normalized spacial score (nSPS) is 29.5. The highest BCUT2D eigenvalue weighted by molar-refractivity contribution is 5.73. The zero-order valence-corrected chi connectivity index (χ0v) is 11.7. The summed E-state index contributed by atoms with van der Waals surface area (Å²) in [5, 5.41) is 12.0. The molecule has 112 valence electrons. The smallest absolute Gasteiger partial charge is 0.407 e. The Hall–Kier alpha value is -2.04. The Morgan fingerprint density at radius 1 is 1.29 bits per heavy atom. The van der Waals surface area contributed by atoms with Gasteiger partial charge >= 0.3 is 12.1 Å². The van der Waals surface area contributed by atoms with Crippen LogP contribution >= 0.6 is 0 Å². The summed E-state index contributed by atoms with van der Waals surface area (Å²) in [7, 11) is 0. The molecule has 1 amide bonds. The van der Waals surface area contributed by atoms with Crippen molar-refractivity contribution < 1.29 is 19.4 Å². The highest BCUT2D eigenvalue weighted by atomic mass is 16.5. The number of alkyl carbamates (subject to hydrolysis) is 1. The fourth-order valence-corrected chi connectivity index (χ4v) is 3.78. The Bertz CT molecular complexity index is 536. The molecule has 3 saturated carbocycles. The Balaban J connectivity index is 1.47. The van der Waals surface area contributed by atoms with Crippen LogP contribution in [0.4, 0.5) is 4.79 Å². The topological polar surface area (TPSA) is 75.6 Å². The van der Waals surface area contributed by atoms with Gasteiger partial charge in [-0.15, -0.1) is 0 Å². The summed E-state index contributed by atoms with van der Waals surface area (Å²) < 4.78 is 5.15. The number of amides is 1. The van der Waals surface area contributed by atoms with E-state index in [1.165, 1.54) is 0 Å². The number of nitrogens with one attached hydrogen (secondary N) is 1. The fraction of sp³-hybridized carbons (Fsp3) is 0.500. The average molecular weight is 289 g/mol. The standard InChI is InChI=1S/C16H19NO4/c18-14(19)13-6-12-7-16(13,8-12)10-17-15(20)21-9-11-4-2-1-3-5-11/h1-5,12-13H,6-10H2,(H,17,20)(H,18,19). The number of carboxylic acids is 1. The molecule has 2 bridgehead atoms. The van der Waals surface area contributed by atoms with Crippen LogP contribution in [0.5, 0.6) is 0 Å². The van der Waals surface area contributed by atoms with Crippen LogP contribution in [-0.2, 0) is 16.1 Å². The van der Waals surface area contributed by atoms with E-state index in [9.17, 15) is 14.7 Å². The molecule has 1 aromatic carbocycles. The third-order valence-corrected chi connectivity index (χ3v) is 4.79. The monoisotopic (exact) mass is 289 g/mol. The van der Waals surface area contributed by atoms with Crippen molar-refractivity contribution in [2.75, 3.05) is 6.54 Å². The van der Waals surface area contributed by atoms with Crippen molar-refractivity contribution in [2.24, 2.45) is 17.3 Å². The van der Waals surface area contributed by atoms with Crippen molar-refractivity contribution in [3.63, 3.8) is 0 Å². The van der Waals surface area contributed by atoms with Gasteiger partial charge in [0.1, 0.15) is 6.61 Å². The van der Waals surface area contributed by atoms with Gasteiger partial charge in [-0.2, -0.15) is 0 Å². The van der Waals surface area contributed by atoms with Crippen LogP contribution < -0.4 is 5.32 Å². The molecule has 1 aromatic rings. The summed E-state index contributed by atoms with van der Waals surface area (Å²) >= 11 is 0. The summed E-state index contributed by atoms with van der Waals surface area (Å²) in [6, 6.07) is 9.46. The molecule has 3 fully saturated rings. The largest absolute Gasteiger partial charge is 0.481 e. The molecule has 5 heteroatoms. The number of carbonyl (C=O) groups excluding carboxylic acids is 1. The van der Waals surface area contributed by atoms with E-state index in [0.29, 0.717) is 12.5 Å². The molecule has 0 spiro atoms. The number of hydrogen-bond acceptors (Lipinski definition) is 3. The van der Waals surface area contributed by atoms with E-state index < -0.39 is 12.1 Å². The number of carbonyl (C=O) groups is 2. The Kier molecular flexibility index (Phi) is 3.57. The average Bonchev–Trinajstić information content (AvgIpc) is 2.99. The maximum absolute atomic E-state index is 11.7. The van der Waals surface area contributed by atoms with Crippen molar-refractivity contribution in [2.45, 2.75) is 25.9 Å². The molecular formula is C16H19NO4. The Morgan fingerprint density at radius 3 is 2.67 bits per heavy atom. The molecule has 0 radical (unpaired) electrons. The number of rotatable bonds is 5. The summed E-state index contributed by atoms with van der Waals surface area (Å²) in [6.45, 7) is 0.624. The van der Waals surface area contributed by atoms with Gasteiger partial charge in [0.05, 0.1) is 5.92 Å². The molecule has 3 aliphatic rings. The SMILES string of the molecule is O=C(NCC12CC(CC1C(=O)O)C2)OCc1ccccc1. The van der Waals surface area contributed by atoms with Crippen LogP contribution in [-0.4, -0.2) is 23.7 Å². The molecule has 0 aliphatic heterocycles. The summed E-state index contributed by atoms with van der Waals surface area (Å²) in [6.07, 6.45) is 2.08. The number of fused-ring (bicyclic) bond motifs is 1. The number of aliphatic carboxylic acids is 1. The molecule has 4 rings (SSSR count). The first-order valence-corrected chi connectivity index (χ1v) is 7.26. The Labute approximate surface area is 123 Å². The van der Waals surface area contributed by atoms with Crippen molar-refractivity contribution in [3.8, 4) is 0 Å². The second-order valence-electron chi connectivity index (χ2n) is 6.18. The maximum Gasteiger partial charge on any atom is 0.407 e. The highest BCUT2D eigenvalue weighted by Gasteiger charge is 2.59. The van der Waals surface area contributed by atoms with Crippen LogP contribution in [0, 0.1) is 17.3 Å². The summed E-state index contributed by atoms with van der Waals surface area (Å²) in [5.74, 6) is -0.542. The lowest BCUT2D eigenvalue weighted by molar-refractivity contribution is -0.145. The highest BCUT2D eigenvalue weighted by Crippen LogP contribution is 2.61. The summed E-state index contributed by atoms with van der Waals surface area (Å²) in [5.41, 5.74) is 0.682. The van der Waals surface area contributed by atoms with Crippen molar-refractivity contribution in [1.82, 2.24) is 5.32 Å². The third kappa shape index (κ3) is 2.73. The van der Waals surface area contributed by atoms with E-state index in [0.717, 1.165) is 24.8 Å². The van der Waals surface area contributed by atoms with Gasteiger partial charge in [-0.3, -0.25) is 4.79 Å². The van der Waals surface area contributed by atoms with E-state index in [-0.39, 0.29) is 17.9 Å². The van der Waals surface area contributed by atoms with Crippen LogP contribution in [0.25, 0.3) is 0 Å². The van der Waals surface area contributed by atoms with Crippen LogP contribution in [0.15, 0.2) is 30.3 Å². The first kappa shape index (κ1) is 13.9. The van der Waals surface area contributed by atoms with Gasteiger partial charge in [-0.1, -0.05) is 30.3 Å². The molecule has 5 nitrogen and oxygen atoms in total. The minimum absolute atomic E-state index is 0.227. The molecular weight excluding hydrogens is 270 g/mol. The summed E-state index contributed by atoms with van der Waals surface area (Å²) in [4.78, 5) is 23.0. The lowest BCUT2D eigenvalue weighted by Crippen LogP contribution is -2.45. The van der Waals surface area contributed by atoms with E-state index in [2.05, 4.69) is 5.32 Å². The van der Waals surface area contributed by atoms with Gasteiger partial charge in [-0.25, -0.2) is 4.79 Å². The van der Waals surface area contributed by atoms with Gasteiger partial charge in [0.25, 0.3) is 0 Å². The van der Waals surface area contributed by atoms with Crippen LogP contribution in [0.3, 0.4) is 0 Å². The molecule has 3 aliphatic carbocycles. The molecule has 0 saturated heterocycles. The second-order valence-corrected chi connectivity index (χ2v) is 6.18. The molecule has 1 unspecified atom stereocenters. The first-order chi connectivity index (χ1) is 10.1. The van der Waals surface area contributed by atoms with Gasteiger partial charge in [0, 0.05) is 12.0 Å². The number of carboxylic acid groups (broad SMARTS) is 1. The van der Waals surface area contributed by atoms with Gasteiger partial charge in [0.2, 0.25) is 0 Å². The molecule has 0 aromatic heterocycles. The molecule has 1 atom stereocenters.